The number of rotatable bonds is 5. The predicted octanol–water partition coefficient (Wildman–Crippen LogP) is 4.05. The molecule has 1 aromatic carbocycles. The van der Waals surface area contributed by atoms with E-state index in [1.54, 1.807) is 12.4 Å². The van der Waals surface area contributed by atoms with Gasteiger partial charge in [0.15, 0.2) is 0 Å². The number of benzene rings is 1. The van der Waals surface area contributed by atoms with E-state index in [-0.39, 0.29) is 6.10 Å². The lowest BCUT2D eigenvalue weighted by atomic mass is 10.0. The van der Waals surface area contributed by atoms with Crippen molar-refractivity contribution in [2.24, 2.45) is 5.73 Å². The normalized spacial score (nSPS) is 12.4. The maximum Gasteiger partial charge on any atom is 0.137 e. The topological polar surface area (TPSA) is 48.1 Å². The Morgan fingerprint density at radius 3 is 2.70 bits per heavy atom. The zero-order chi connectivity index (χ0) is 14.5. The summed E-state index contributed by atoms with van der Waals surface area (Å²) in [5, 5.41) is 0. The molecule has 106 valence electrons. The largest absolute Gasteiger partial charge is 0.484 e. The Balaban J connectivity index is 2.28. The van der Waals surface area contributed by atoms with Crippen LogP contribution in [-0.4, -0.2) is 11.5 Å². The van der Waals surface area contributed by atoms with E-state index in [0.29, 0.717) is 12.5 Å². The van der Waals surface area contributed by atoms with E-state index in [4.69, 9.17) is 10.5 Å². The fourth-order valence-electron chi connectivity index (χ4n) is 2.05. The molecule has 0 aliphatic carbocycles. The number of ether oxygens (including phenoxy) is 1. The standard InChI is InChI=1S/C16H19BrN2O/c1-11(2)14-8-13(17)5-6-15(14)20-16(9-18)12-4-3-7-19-10-12/h3-8,10-11,16H,9,18H2,1-2H3. The first kappa shape index (κ1) is 15.0. The molecule has 0 saturated heterocycles. The number of nitrogens with two attached hydrogens (primary N) is 1. The highest BCUT2D eigenvalue weighted by molar-refractivity contribution is 9.10. The van der Waals surface area contributed by atoms with Gasteiger partial charge in [0, 0.05) is 29.0 Å². The predicted molar refractivity (Wildman–Crippen MR) is 84.9 cm³/mol. The first-order chi connectivity index (χ1) is 9.61. The summed E-state index contributed by atoms with van der Waals surface area (Å²) in [5.74, 6) is 1.26. The van der Waals surface area contributed by atoms with E-state index in [1.807, 2.05) is 24.3 Å². The van der Waals surface area contributed by atoms with E-state index in [1.165, 1.54) is 5.56 Å². The summed E-state index contributed by atoms with van der Waals surface area (Å²) < 4.78 is 7.17. The Labute approximate surface area is 128 Å². The van der Waals surface area contributed by atoms with Crippen LogP contribution in [0, 0.1) is 0 Å². The maximum atomic E-state index is 6.11. The van der Waals surface area contributed by atoms with E-state index in [9.17, 15) is 0 Å². The Morgan fingerprint density at radius 1 is 1.30 bits per heavy atom. The Hall–Kier alpha value is -1.39. The molecule has 0 radical (unpaired) electrons. The van der Waals surface area contributed by atoms with E-state index >= 15 is 0 Å². The molecule has 2 aromatic rings. The highest BCUT2D eigenvalue weighted by Gasteiger charge is 2.15. The van der Waals surface area contributed by atoms with Gasteiger partial charge in [-0.15, -0.1) is 0 Å². The minimum atomic E-state index is -0.178. The molecule has 0 aliphatic rings. The molecular weight excluding hydrogens is 316 g/mol. The molecule has 2 rings (SSSR count). The van der Waals surface area contributed by atoms with Crippen molar-refractivity contribution in [3.63, 3.8) is 0 Å². The molecule has 1 unspecified atom stereocenters. The lowest BCUT2D eigenvalue weighted by molar-refractivity contribution is 0.211. The third-order valence-electron chi connectivity index (χ3n) is 3.13. The van der Waals surface area contributed by atoms with Crippen molar-refractivity contribution in [1.82, 2.24) is 4.98 Å². The first-order valence-electron chi connectivity index (χ1n) is 6.68. The average Bonchev–Trinajstić information content (AvgIpc) is 2.46. The lowest BCUT2D eigenvalue weighted by Gasteiger charge is -2.21. The van der Waals surface area contributed by atoms with Crippen molar-refractivity contribution in [3.8, 4) is 5.75 Å². The van der Waals surface area contributed by atoms with Crippen LogP contribution in [0.15, 0.2) is 47.2 Å². The van der Waals surface area contributed by atoms with Gasteiger partial charge >= 0.3 is 0 Å². The summed E-state index contributed by atoms with van der Waals surface area (Å²) in [5.41, 5.74) is 8.01. The zero-order valence-electron chi connectivity index (χ0n) is 11.7. The average molecular weight is 335 g/mol. The van der Waals surface area contributed by atoms with Crippen molar-refractivity contribution >= 4 is 15.9 Å². The summed E-state index contributed by atoms with van der Waals surface area (Å²) >= 11 is 3.50. The van der Waals surface area contributed by atoms with Gasteiger partial charge in [-0.25, -0.2) is 0 Å². The number of aromatic nitrogens is 1. The van der Waals surface area contributed by atoms with Crippen LogP contribution >= 0.6 is 15.9 Å². The van der Waals surface area contributed by atoms with Crippen molar-refractivity contribution in [1.29, 1.82) is 0 Å². The molecule has 20 heavy (non-hydrogen) atoms. The Kier molecular flexibility index (Phi) is 5.15. The molecular formula is C16H19BrN2O. The van der Waals surface area contributed by atoms with Crippen LogP contribution < -0.4 is 10.5 Å². The highest BCUT2D eigenvalue weighted by atomic mass is 79.9. The third kappa shape index (κ3) is 3.58. The molecule has 0 fully saturated rings. The van der Waals surface area contributed by atoms with Crippen molar-refractivity contribution < 1.29 is 4.74 Å². The minimum absolute atomic E-state index is 0.178. The van der Waals surface area contributed by atoms with Gasteiger partial charge < -0.3 is 10.5 Å². The second-order valence-corrected chi connectivity index (χ2v) is 5.88. The molecule has 4 heteroatoms. The molecule has 1 atom stereocenters. The van der Waals surface area contributed by atoms with Crippen LogP contribution in [0.2, 0.25) is 0 Å². The fourth-order valence-corrected chi connectivity index (χ4v) is 2.43. The highest BCUT2D eigenvalue weighted by Crippen LogP contribution is 2.32. The van der Waals surface area contributed by atoms with Crippen molar-refractivity contribution in [3.05, 3.63) is 58.3 Å². The molecule has 1 heterocycles. The quantitative estimate of drug-likeness (QED) is 0.897. The molecule has 0 aliphatic heterocycles. The summed E-state index contributed by atoms with van der Waals surface area (Å²) in [7, 11) is 0. The van der Waals surface area contributed by atoms with E-state index < -0.39 is 0 Å². The van der Waals surface area contributed by atoms with Crippen LogP contribution in [0.3, 0.4) is 0 Å². The van der Waals surface area contributed by atoms with Gasteiger partial charge in [0.25, 0.3) is 0 Å². The molecule has 3 nitrogen and oxygen atoms in total. The van der Waals surface area contributed by atoms with Crippen molar-refractivity contribution in [2.75, 3.05) is 6.54 Å². The molecule has 1 aromatic heterocycles. The Bertz CT molecular complexity index is 558. The second kappa shape index (κ2) is 6.86. The minimum Gasteiger partial charge on any atom is -0.484 e. The van der Waals surface area contributed by atoms with Gasteiger partial charge in [0.1, 0.15) is 11.9 Å². The first-order valence-corrected chi connectivity index (χ1v) is 7.47. The van der Waals surface area contributed by atoms with Crippen LogP contribution in [0.5, 0.6) is 5.75 Å². The SMILES string of the molecule is CC(C)c1cc(Br)ccc1OC(CN)c1cccnc1. The molecule has 0 spiro atoms. The van der Waals surface area contributed by atoms with Crippen LogP contribution in [0.4, 0.5) is 0 Å². The maximum absolute atomic E-state index is 6.11. The number of pyridine rings is 1. The van der Waals surface area contributed by atoms with Crippen molar-refractivity contribution in [2.45, 2.75) is 25.9 Å². The molecule has 0 amide bonds. The summed E-state index contributed by atoms with van der Waals surface area (Å²) in [6.45, 7) is 4.71. The van der Waals surface area contributed by atoms with Crippen LogP contribution in [0.25, 0.3) is 0 Å². The number of nitrogens with zero attached hydrogens (tertiary/aromatic N) is 1. The number of halogens is 1. The zero-order valence-corrected chi connectivity index (χ0v) is 13.3. The molecule has 2 N–H and O–H groups in total. The van der Waals surface area contributed by atoms with Crippen LogP contribution in [-0.2, 0) is 0 Å². The van der Waals surface area contributed by atoms with E-state index in [2.05, 4.69) is 40.8 Å². The fraction of sp³-hybridized carbons (Fsp3) is 0.312. The third-order valence-corrected chi connectivity index (χ3v) is 3.63. The van der Waals surface area contributed by atoms with Gasteiger partial charge in [0.05, 0.1) is 0 Å². The molecule has 0 bridgehead atoms. The van der Waals surface area contributed by atoms with Gasteiger partial charge in [-0.1, -0.05) is 35.8 Å². The monoisotopic (exact) mass is 334 g/mol. The van der Waals surface area contributed by atoms with E-state index in [0.717, 1.165) is 15.8 Å². The lowest BCUT2D eigenvalue weighted by Crippen LogP contribution is -2.19. The van der Waals surface area contributed by atoms with Gasteiger partial charge in [0.2, 0.25) is 0 Å². The van der Waals surface area contributed by atoms with Crippen LogP contribution in [0.1, 0.15) is 37.0 Å². The summed E-state index contributed by atoms with van der Waals surface area (Å²) in [6, 6.07) is 9.94. The van der Waals surface area contributed by atoms with Gasteiger partial charge in [-0.2, -0.15) is 0 Å². The van der Waals surface area contributed by atoms with Gasteiger partial charge in [-0.05, 0) is 35.7 Å². The smallest absolute Gasteiger partial charge is 0.137 e. The van der Waals surface area contributed by atoms with Gasteiger partial charge in [-0.3, -0.25) is 4.98 Å². The summed E-state index contributed by atoms with van der Waals surface area (Å²) in [4.78, 5) is 4.12. The number of hydrogen-bond acceptors (Lipinski definition) is 3. The second-order valence-electron chi connectivity index (χ2n) is 4.97. The summed E-state index contributed by atoms with van der Waals surface area (Å²) in [6.07, 6.45) is 3.36. The number of hydrogen-bond donors (Lipinski definition) is 1. The molecule has 0 saturated carbocycles. The Morgan fingerprint density at radius 2 is 2.10 bits per heavy atom.